The molecule has 2 N–H and O–H groups in total. The number of amides is 2. The number of carboxylic acid groups (broad SMARTS) is 1. The highest BCUT2D eigenvalue weighted by molar-refractivity contribution is 9.10. The summed E-state index contributed by atoms with van der Waals surface area (Å²) in [4.78, 5) is 36.0. The van der Waals surface area contributed by atoms with E-state index in [0.29, 0.717) is 26.3 Å². The number of thioether (sulfide) groups is 1. The number of aliphatic carboxylic acids is 1. The number of nitrogens with zero attached hydrogens (tertiary/aromatic N) is 1. The van der Waals surface area contributed by atoms with Gasteiger partial charge >= 0.3 is 5.97 Å². The Bertz CT molecular complexity index is 1020. The van der Waals surface area contributed by atoms with Gasteiger partial charge in [0.2, 0.25) is 0 Å². The molecule has 7 nitrogen and oxygen atoms in total. The molecule has 2 amide bonds. The van der Waals surface area contributed by atoms with E-state index in [2.05, 4.69) is 21.4 Å². The number of rotatable bonds is 6. The summed E-state index contributed by atoms with van der Waals surface area (Å²) in [7, 11) is 0. The number of carbonyl (C=O) groups excluding carboxylic acids is 2. The number of carboxylic acids is 1. The number of halogens is 1. The zero-order chi connectivity index (χ0) is 21.0. The molecule has 2 aromatic carbocycles. The van der Waals surface area contributed by atoms with Gasteiger partial charge in [0.15, 0.2) is 10.9 Å². The molecule has 1 saturated heterocycles. The van der Waals surface area contributed by atoms with Gasteiger partial charge < -0.3 is 9.84 Å². The maximum absolute atomic E-state index is 12.6. The lowest BCUT2D eigenvalue weighted by atomic mass is 10.2. The minimum absolute atomic E-state index is 0.211. The molecule has 148 valence electrons. The topological polar surface area (TPSA) is 95.9 Å². The number of nitrogens with one attached hydrogen (secondary N) is 1. The fourth-order valence-corrected chi connectivity index (χ4v) is 3.97. The second kappa shape index (κ2) is 9.21. The Balaban J connectivity index is 1.70. The molecular weight excluding hydrogens is 480 g/mol. The minimum atomic E-state index is -1.07. The first-order valence-electron chi connectivity index (χ1n) is 8.13. The van der Waals surface area contributed by atoms with E-state index < -0.39 is 24.4 Å². The molecule has 3 rings (SSSR count). The summed E-state index contributed by atoms with van der Waals surface area (Å²) in [5.41, 5.74) is 3.60. The molecule has 0 saturated carbocycles. The molecule has 2 aromatic rings. The van der Waals surface area contributed by atoms with E-state index in [1.165, 1.54) is 0 Å². The van der Waals surface area contributed by atoms with Crippen LogP contribution in [0.2, 0.25) is 0 Å². The molecule has 0 radical (unpaired) electrons. The molecule has 0 atom stereocenters. The van der Waals surface area contributed by atoms with Gasteiger partial charge in [0.05, 0.1) is 10.5 Å². The molecular formula is C19H13BrN2O5S2. The summed E-state index contributed by atoms with van der Waals surface area (Å²) in [6.45, 7) is -0.435. The van der Waals surface area contributed by atoms with Crippen molar-refractivity contribution in [1.82, 2.24) is 10.4 Å². The predicted octanol–water partition coefficient (Wildman–Crippen LogP) is 3.46. The van der Waals surface area contributed by atoms with E-state index in [1.807, 2.05) is 0 Å². The standard InChI is InChI=1S/C19H13BrN2O5S2/c20-14-4-2-1-3-13(14)17(25)21-22-18(26)15(29-19(22)28)9-11-5-7-12(8-6-11)27-10-16(23)24/h1-9H,10H2,(H,21,25)(H,23,24)/b15-9+. The fourth-order valence-electron chi connectivity index (χ4n) is 2.33. The number of hydrazine groups is 1. The van der Waals surface area contributed by atoms with Crippen molar-refractivity contribution in [3.63, 3.8) is 0 Å². The molecule has 0 aromatic heterocycles. The first-order chi connectivity index (χ1) is 13.8. The van der Waals surface area contributed by atoms with Crippen LogP contribution in [0.1, 0.15) is 15.9 Å². The first kappa shape index (κ1) is 21.0. The summed E-state index contributed by atoms with van der Waals surface area (Å²) in [6, 6.07) is 13.4. The van der Waals surface area contributed by atoms with Crippen LogP contribution in [0.4, 0.5) is 0 Å². The lowest BCUT2D eigenvalue weighted by Gasteiger charge is -2.16. The van der Waals surface area contributed by atoms with Gasteiger partial charge in [0, 0.05) is 4.47 Å². The Morgan fingerprint density at radius 1 is 1.21 bits per heavy atom. The van der Waals surface area contributed by atoms with Crippen LogP contribution < -0.4 is 10.2 Å². The van der Waals surface area contributed by atoms with Crippen molar-refractivity contribution >= 4 is 68.1 Å². The van der Waals surface area contributed by atoms with Crippen LogP contribution in [0.25, 0.3) is 6.08 Å². The van der Waals surface area contributed by atoms with Crippen LogP contribution in [0.5, 0.6) is 5.75 Å². The van der Waals surface area contributed by atoms with Crippen LogP contribution in [0, 0.1) is 0 Å². The SMILES string of the molecule is O=C(O)COc1ccc(/C=C2/SC(=S)N(NC(=O)c3ccccc3Br)C2=O)cc1. The number of hydrogen-bond donors (Lipinski definition) is 2. The van der Waals surface area contributed by atoms with Gasteiger partial charge in [-0.15, -0.1) is 0 Å². The van der Waals surface area contributed by atoms with Crippen LogP contribution in [0.15, 0.2) is 57.9 Å². The zero-order valence-electron chi connectivity index (χ0n) is 14.6. The zero-order valence-corrected chi connectivity index (χ0v) is 17.8. The number of ether oxygens (including phenoxy) is 1. The Morgan fingerprint density at radius 2 is 1.90 bits per heavy atom. The molecule has 1 aliphatic heterocycles. The molecule has 1 heterocycles. The van der Waals surface area contributed by atoms with E-state index in [0.717, 1.165) is 16.8 Å². The van der Waals surface area contributed by atoms with E-state index in [1.54, 1.807) is 54.6 Å². The molecule has 0 spiro atoms. The summed E-state index contributed by atoms with van der Waals surface area (Å²) in [5, 5.41) is 9.66. The summed E-state index contributed by atoms with van der Waals surface area (Å²) in [6.07, 6.45) is 1.63. The van der Waals surface area contributed by atoms with Gasteiger partial charge in [0.1, 0.15) is 5.75 Å². The van der Waals surface area contributed by atoms with Crippen molar-refractivity contribution in [3.05, 3.63) is 69.0 Å². The highest BCUT2D eigenvalue weighted by atomic mass is 79.9. The average molecular weight is 493 g/mol. The summed E-state index contributed by atoms with van der Waals surface area (Å²) >= 11 is 9.59. The second-order valence-electron chi connectivity index (χ2n) is 5.69. The predicted molar refractivity (Wildman–Crippen MR) is 116 cm³/mol. The molecule has 1 fully saturated rings. The van der Waals surface area contributed by atoms with Crippen molar-refractivity contribution in [2.75, 3.05) is 6.61 Å². The van der Waals surface area contributed by atoms with Gasteiger partial charge in [0.25, 0.3) is 11.8 Å². The lowest BCUT2D eigenvalue weighted by Crippen LogP contribution is -2.44. The Morgan fingerprint density at radius 3 is 2.55 bits per heavy atom. The van der Waals surface area contributed by atoms with Crippen molar-refractivity contribution in [2.24, 2.45) is 0 Å². The van der Waals surface area contributed by atoms with Crippen LogP contribution >= 0.6 is 39.9 Å². The van der Waals surface area contributed by atoms with Gasteiger partial charge in [-0.25, -0.2) is 4.79 Å². The Hall–Kier alpha value is -2.69. The lowest BCUT2D eigenvalue weighted by molar-refractivity contribution is -0.139. The molecule has 1 aliphatic rings. The molecule has 0 bridgehead atoms. The quantitative estimate of drug-likeness (QED) is 0.470. The monoisotopic (exact) mass is 492 g/mol. The number of benzene rings is 2. The van der Waals surface area contributed by atoms with Crippen molar-refractivity contribution < 1.29 is 24.2 Å². The summed E-state index contributed by atoms with van der Waals surface area (Å²) < 4.78 is 5.88. The molecule has 10 heteroatoms. The minimum Gasteiger partial charge on any atom is -0.482 e. The van der Waals surface area contributed by atoms with Crippen LogP contribution in [-0.4, -0.2) is 38.8 Å². The second-order valence-corrected chi connectivity index (χ2v) is 8.22. The van der Waals surface area contributed by atoms with Gasteiger partial charge in [-0.1, -0.05) is 36.0 Å². The largest absolute Gasteiger partial charge is 0.482 e. The summed E-state index contributed by atoms with van der Waals surface area (Å²) in [5.74, 6) is -1.57. The Labute approximate surface area is 183 Å². The number of thiocarbonyl (C=S) groups is 1. The van der Waals surface area contributed by atoms with E-state index in [-0.39, 0.29) is 4.32 Å². The van der Waals surface area contributed by atoms with Crippen molar-refractivity contribution in [3.8, 4) is 5.75 Å². The first-order valence-corrected chi connectivity index (χ1v) is 10.1. The maximum Gasteiger partial charge on any atom is 0.341 e. The normalized spacial score (nSPS) is 14.9. The fraction of sp³-hybridized carbons (Fsp3) is 0.0526. The van der Waals surface area contributed by atoms with Crippen LogP contribution in [0.3, 0.4) is 0 Å². The van der Waals surface area contributed by atoms with Crippen LogP contribution in [-0.2, 0) is 9.59 Å². The van der Waals surface area contributed by atoms with Crippen molar-refractivity contribution in [2.45, 2.75) is 0 Å². The average Bonchev–Trinajstić information content (AvgIpc) is 2.95. The maximum atomic E-state index is 12.6. The van der Waals surface area contributed by atoms with Crippen molar-refractivity contribution in [1.29, 1.82) is 0 Å². The number of carbonyl (C=O) groups is 3. The van der Waals surface area contributed by atoms with E-state index in [4.69, 9.17) is 22.1 Å². The third kappa shape index (κ3) is 5.22. The highest BCUT2D eigenvalue weighted by Gasteiger charge is 2.34. The van der Waals surface area contributed by atoms with E-state index >= 15 is 0 Å². The smallest absolute Gasteiger partial charge is 0.341 e. The Kier molecular flexibility index (Phi) is 6.68. The number of hydrogen-bond acceptors (Lipinski definition) is 6. The highest BCUT2D eigenvalue weighted by Crippen LogP contribution is 2.32. The van der Waals surface area contributed by atoms with Gasteiger partial charge in [-0.3, -0.25) is 15.0 Å². The third-order valence-corrected chi connectivity index (χ3v) is 5.66. The molecule has 0 unspecified atom stereocenters. The molecule has 0 aliphatic carbocycles. The van der Waals surface area contributed by atoms with Gasteiger partial charge in [-0.2, -0.15) is 5.01 Å². The van der Waals surface area contributed by atoms with Gasteiger partial charge in [-0.05, 0) is 64.1 Å². The van der Waals surface area contributed by atoms with E-state index in [9.17, 15) is 14.4 Å². The third-order valence-electron chi connectivity index (χ3n) is 3.67. The molecule has 29 heavy (non-hydrogen) atoms.